The van der Waals surface area contributed by atoms with Crippen molar-refractivity contribution in [1.82, 2.24) is 10.6 Å². The Balaban J connectivity index is 1.95. The van der Waals surface area contributed by atoms with Crippen LogP contribution in [0.15, 0.2) is 36.4 Å². The zero-order valence-electron chi connectivity index (χ0n) is 20.4. The molecule has 0 saturated carbocycles. The third-order valence-corrected chi connectivity index (χ3v) is 5.54. The summed E-state index contributed by atoms with van der Waals surface area (Å²) in [7, 11) is 0. The molecular weight excluding hydrogens is 432 g/mol. The fourth-order valence-corrected chi connectivity index (χ4v) is 4.08. The number of hydrogen-bond donors (Lipinski definition) is 4. The second-order valence-corrected chi connectivity index (χ2v) is 9.18. The highest BCUT2D eigenvalue weighted by molar-refractivity contribution is 6.32. The molecule has 8 heteroatoms. The lowest BCUT2D eigenvalue weighted by atomic mass is 9.82. The summed E-state index contributed by atoms with van der Waals surface area (Å²) in [6, 6.07) is 8.83. The fraction of sp³-hybridized carbons (Fsp3) is 0.385. The Bertz CT molecular complexity index is 1050. The lowest BCUT2D eigenvalue weighted by molar-refractivity contribution is -0.118. The van der Waals surface area contributed by atoms with Gasteiger partial charge in [-0.1, -0.05) is 52.0 Å². The highest BCUT2D eigenvalue weighted by Crippen LogP contribution is 2.35. The number of hydrogen-bond acceptors (Lipinski definition) is 6. The van der Waals surface area contributed by atoms with Crippen LogP contribution in [0.1, 0.15) is 73.4 Å². The van der Waals surface area contributed by atoms with E-state index in [9.17, 15) is 19.2 Å². The number of carbonyl (C=O) groups is 4. The highest BCUT2D eigenvalue weighted by atomic mass is 16.2. The Morgan fingerprint density at radius 3 is 1.29 bits per heavy atom. The second-order valence-electron chi connectivity index (χ2n) is 9.18. The molecule has 0 radical (unpaired) electrons. The van der Waals surface area contributed by atoms with Crippen LogP contribution in [-0.4, -0.2) is 47.5 Å². The maximum Gasteiger partial charge on any atom is 0.241 e. The number of ketones is 2. The SMILES string of the molecule is CC(C)NC(C)C(=O)Nc1cccc2c1C(=O)c1cccc(NC(=O)C(C)NC(C)C)c1C2=O. The number of carbonyl (C=O) groups excluding carboxylic acids is 4. The van der Waals surface area contributed by atoms with Gasteiger partial charge in [-0.2, -0.15) is 0 Å². The van der Waals surface area contributed by atoms with Gasteiger partial charge in [0.1, 0.15) is 0 Å². The van der Waals surface area contributed by atoms with Crippen molar-refractivity contribution >= 4 is 34.8 Å². The molecule has 0 fully saturated rings. The van der Waals surface area contributed by atoms with Gasteiger partial charge in [0.25, 0.3) is 0 Å². The Hall–Kier alpha value is -3.36. The molecule has 0 aliphatic heterocycles. The molecule has 2 atom stereocenters. The van der Waals surface area contributed by atoms with Crippen molar-refractivity contribution in [3.05, 3.63) is 58.7 Å². The summed E-state index contributed by atoms with van der Waals surface area (Å²) >= 11 is 0. The second kappa shape index (κ2) is 10.3. The number of anilines is 2. The molecule has 0 spiro atoms. The smallest absolute Gasteiger partial charge is 0.241 e. The van der Waals surface area contributed by atoms with Gasteiger partial charge < -0.3 is 21.3 Å². The van der Waals surface area contributed by atoms with E-state index >= 15 is 0 Å². The van der Waals surface area contributed by atoms with Crippen LogP contribution < -0.4 is 21.3 Å². The van der Waals surface area contributed by atoms with Crippen LogP contribution in [-0.2, 0) is 9.59 Å². The monoisotopic (exact) mass is 464 g/mol. The number of benzene rings is 2. The Morgan fingerprint density at radius 2 is 0.971 bits per heavy atom. The molecule has 180 valence electrons. The first-order chi connectivity index (χ1) is 16.0. The topological polar surface area (TPSA) is 116 Å². The van der Waals surface area contributed by atoms with E-state index in [4.69, 9.17) is 0 Å². The van der Waals surface area contributed by atoms with Crippen molar-refractivity contribution < 1.29 is 19.2 Å². The molecule has 0 aromatic heterocycles. The molecular formula is C26H32N4O4. The van der Waals surface area contributed by atoms with Crippen molar-refractivity contribution in [1.29, 1.82) is 0 Å². The first kappa shape index (κ1) is 25.3. The van der Waals surface area contributed by atoms with E-state index in [0.717, 1.165) is 0 Å². The van der Waals surface area contributed by atoms with Crippen LogP contribution in [0.25, 0.3) is 0 Å². The number of amides is 2. The predicted molar refractivity (Wildman–Crippen MR) is 132 cm³/mol. The fourth-order valence-electron chi connectivity index (χ4n) is 4.08. The van der Waals surface area contributed by atoms with Gasteiger partial charge in [-0.25, -0.2) is 0 Å². The summed E-state index contributed by atoms with van der Waals surface area (Å²) in [6.45, 7) is 11.2. The number of nitrogens with one attached hydrogen (secondary N) is 4. The summed E-state index contributed by atoms with van der Waals surface area (Å²) in [6.07, 6.45) is 0. The van der Waals surface area contributed by atoms with E-state index in [-0.39, 0.29) is 69.1 Å². The van der Waals surface area contributed by atoms with Gasteiger partial charge in [-0.3, -0.25) is 19.2 Å². The normalized spacial score (nSPS) is 14.5. The van der Waals surface area contributed by atoms with Gasteiger partial charge in [0.05, 0.1) is 34.6 Å². The lowest BCUT2D eigenvalue weighted by Crippen LogP contribution is -2.42. The van der Waals surface area contributed by atoms with Crippen molar-refractivity contribution in [2.24, 2.45) is 0 Å². The maximum absolute atomic E-state index is 13.5. The minimum absolute atomic E-state index is 0.104. The molecule has 4 N–H and O–H groups in total. The van der Waals surface area contributed by atoms with Crippen molar-refractivity contribution in [2.45, 2.75) is 65.7 Å². The van der Waals surface area contributed by atoms with Gasteiger partial charge >= 0.3 is 0 Å². The molecule has 3 rings (SSSR count). The molecule has 0 heterocycles. The largest absolute Gasteiger partial charge is 0.324 e. The zero-order chi connectivity index (χ0) is 25.2. The van der Waals surface area contributed by atoms with Gasteiger partial charge in [0.2, 0.25) is 11.8 Å². The van der Waals surface area contributed by atoms with E-state index < -0.39 is 12.1 Å². The Kier molecular flexibility index (Phi) is 7.64. The standard InChI is InChI=1S/C26H32N4O4/c1-13(2)27-15(5)25(33)29-19-11-7-9-17-21(19)23(31)18-10-8-12-20(22(18)24(17)32)30-26(34)16(6)28-14(3)4/h7-16,27-28H,1-6H3,(H,29,33)(H,30,34). The summed E-state index contributed by atoms with van der Waals surface area (Å²) in [5, 5.41) is 11.8. The molecule has 2 aromatic carbocycles. The molecule has 34 heavy (non-hydrogen) atoms. The van der Waals surface area contributed by atoms with Crippen LogP contribution in [0.5, 0.6) is 0 Å². The minimum atomic E-state index is -0.485. The predicted octanol–water partition coefficient (Wildman–Crippen LogP) is 3.11. The van der Waals surface area contributed by atoms with E-state index in [1.54, 1.807) is 50.2 Å². The van der Waals surface area contributed by atoms with Gasteiger partial charge in [-0.15, -0.1) is 0 Å². The van der Waals surface area contributed by atoms with Crippen LogP contribution in [0, 0.1) is 0 Å². The quantitative estimate of drug-likeness (QED) is 0.407. The average molecular weight is 465 g/mol. The van der Waals surface area contributed by atoms with Gasteiger partial charge in [-0.05, 0) is 26.0 Å². The minimum Gasteiger partial charge on any atom is -0.324 e. The van der Waals surface area contributed by atoms with Gasteiger partial charge in [0.15, 0.2) is 11.6 Å². The molecule has 2 aromatic rings. The third kappa shape index (κ3) is 5.24. The first-order valence-electron chi connectivity index (χ1n) is 11.5. The van der Waals surface area contributed by atoms with Crippen LogP contribution in [0.3, 0.4) is 0 Å². The maximum atomic E-state index is 13.5. The molecule has 1 aliphatic carbocycles. The van der Waals surface area contributed by atoms with Crippen LogP contribution in [0.4, 0.5) is 11.4 Å². The highest BCUT2D eigenvalue weighted by Gasteiger charge is 2.34. The molecule has 1 aliphatic rings. The first-order valence-corrected chi connectivity index (χ1v) is 11.5. The number of rotatable bonds is 8. The average Bonchev–Trinajstić information content (AvgIpc) is 2.76. The zero-order valence-corrected chi connectivity index (χ0v) is 20.4. The lowest BCUT2D eigenvalue weighted by Gasteiger charge is -2.24. The summed E-state index contributed by atoms with van der Waals surface area (Å²) in [4.78, 5) is 52.3. The molecule has 8 nitrogen and oxygen atoms in total. The third-order valence-electron chi connectivity index (χ3n) is 5.54. The van der Waals surface area contributed by atoms with Crippen molar-refractivity contribution in [2.75, 3.05) is 10.6 Å². The molecule has 2 amide bonds. The van der Waals surface area contributed by atoms with Crippen molar-refractivity contribution in [3.8, 4) is 0 Å². The Labute approximate surface area is 199 Å². The van der Waals surface area contributed by atoms with E-state index in [0.29, 0.717) is 0 Å². The van der Waals surface area contributed by atoms with Crippen molar-refractivity contribution in [3.63, 3.8) is 0 Å². The summed E-state index contributed by atoms with van der Waals surface area (Å²) in [5.74, 6) is -1.37. The number of fused-ring (bicyclic) bond motifs is 2. The Morgan fingerprint density at radius 1 is 0.618 bits per heavy atom. The molecule has 0 saturated heterocycles. The van der Waals surface area contributed by atoms with Crippen LogP contribution >= 0.6 is 0 Å². The van der Waals surface area contributed by atoms with E-state index in [1.165, 1.54) is 0 Å². The summed E-state index contributed by atoms with van der Waals surface area (Å²) < 4.78 is 0. The van der Waals surface area contributed by atoms with E-state index in [2.05, 4.69) is 21.3 Å². The van der Waals surface area contributed by atoms with E-state index in [1.807, 2.05) is 27.7 Å². The summed E-state index contributed by atoms with van der Waals surface area (Å²) in [5.41, 5.74) is 1.26. The van der Waals surface area contributed by atoms with Gasteiger partial charge in [0, 0.05) is 23.2 Å². The molecule has 2 unspecified atom stereocenters. The van der Waals surface area contributed by atoms with Crippen LogP contribution in [0.2, 0.25) is 0 Å². The molecule has 0 bridgehead atoms.